The summed E-state index contributed by atoms with van der Waals surface area (Å²) in [5.74, 6) is 3.52. The number of hydrogen-bond donors (Lipinski definition) is 0. The van der Waals surface area contributed by atoms with Crippen LogP contribution in [0.25, 0.3) is 0 Å². The van der Waals surface area contributed by atoms with E-state index in [1.54, 1.807) is 13.8 Å². The van der Waals surface area contributed by atoms with E-state index in [2.05, 4.69) is 45.0 Å². The molecule has 6 heteroatoms. The zero-order chi connectivity index (χ0) is 15.8. The zero-order valence-corrected chi connectivity index (χ0v) is 15.8. The van der Waals surface area contributed by atoms with Gasteiger partial charge in [0.15, 0.2) is 0 Å². The zero-order valence-electron chi connectivity index (χ0n) is 13.9. The lowest BCUT2D eigenvalue weighted by molar-refractivity contribution is 0.0964. The van der Waals surface area contributed by atoms with Crippen LogP contribution in [0.5, 0.6) is 0 Å². The molecule has 0 aliphatic rings. The molecule has 0 N–H and O–H groups in total. The number of rotatable bonds is 8. The topological polar surface area (TPSA) is 44.8 Å². The van der Waals surface area contributed by atoms with Gasteiger partial charge in [-0.15, -0.1) is 5.54 Å². The second-order valence-electron chi connectivity index (χ2n) is 6.03. The van der Waals surface area contributed by atoms with Crippen molar-refractivity contribution in [1.82, 2.24) is 0 Å². The van der Waals surface area contributed by atoms with E-state index in [9.17, 15) is 4.57 Å². The van der Waals surface area contributed by atoms with E-state index in [1.807, 2.05) is 0 Å². The summed E-state index contributed by atoms with van der Waals surface area (Å²) >= 11 is 0. The van der Waals surface area contributed by atoms with E-state index in [4.69, 9.17) is 13.6 Å². The van der Waals surface area contributed by atoms with Crippen LogP contribution in [0.15, 0.2) is 0 Å². The average molecular weight is 320 g/mol. The lowest BCUT2D eigenvalue weighted by Crippen LogP contribution is -2.20. The van der Waals surface area contributed by atoms with Gasteiger partial charge in [0.2, 0.25) is 0 Å². The molecule has 0 heterocycles. The smallest absolute Gasteiger partial charge is 0.287 e. The first-order valence-electron chi connectivity index (χ1n) is 7.22. The van der Waals surface area contributed by atoms with Crippen molar-refractivity contribution in [1.29, 1.82) is 0 Å². The van der Waals surface area contributed by atoms with Crippen LogP contribution in [-0.2, 0) is 18.1 Å². The molecule has 118 valence electrons. The maximum absolute atomic E-state index is 12.4. The maximum Gasteiger partial charge on any atom is 0.475 e. The first kappa shape index (κ1) is 19.9. The fraction of sp³-hybridized carbons (Fsp3) is 0.857. The molecule has 0 aliphatic carbocycles. The fourth-order valence-corrected chi connectivity index (χ4v) is 3.30. The van der Waals surface area contributed by atoms with E-state index in [0.717, 1.165) is 0 Å². The van der Waals surface area contributed by atoms with Crippen molar-refractivity contribution in [3.63, 3.8) is 0 Å². The first-order valence-corrected chi connectivity index (χ1v) is 12.2. The molecule has 1 atom stereocenters. The highest BCUT2D eigenvalue weighted by molar-refractivity contribution is 7.48. The van der Waals surface area contributed by atoms with E-state index in [-0.39, 0.29) is 13.2 Å². The predicted octanol–water partition coefficient (Wildman–Crippen LogP) is 4.48. The van der Waals surface area contributed by atoms with Crippen LogP contribution in [0.1, 0.15) is 34.1 Å². The first-order chi connectivity index (χ1) is 9.12. The second-order valence-corrected chi connectivity index (χ2v) is 12.4. The lowest BCUT2D eigenvalue weighted by Gasteiger charge is -2.21. The van der Waals surface area contributed by atoms with Crippen molar-refractivity contribution < 1.29 is 18.1 Å². The Morgan fingerprint density at radius 2 is 1.60 bits per heavy atom. The Balaban J connectivity index is 5.02. The summed E-state index contributed by atoms with van der Waals surface area (Å²) in [6.07, 6.45) is 0.299. The van der Waals surface area contributed by atoms with Gasteiger partial charge in [0.05, 0.1) is 13.2 Å². The Hall–Kier alpha value is -0.113. The summed E-state index contributed by atoms with van der Waals surface area (Å²) in [6, 6.07) is 0. The van der Waals surface area contributed by atoms with Gasteiger partial charge in [-0.05, 0) is 26.2 Å². The Morgan fingerprint density at radius 3 is 1.95 bits per heavy atom. The van der Waals surface area contributed by atoms with Crippen molar-refractivity contribution in [3.8, 4) is 11.5 Å². The summed E-state index contributed by atoms with van der Waals surface area (Å²) in [7, 11) is -5.00. The molecule has 0 aromatic heterocycles. The second kappa shape index (κ2) is 9.02. The largest absolute Gasteiger partial charge is 0.475 e. The molecular weight excluding hydrogens is 291 g/mol. The Morgan fingerprint density at radius 1 is 1.10 bits per heavy atom. The van der Waals surface area contributed by atoms with Gasteiger partial charge in [-0.2, -0.15) is 0 Å². The van der Waals surface area contributed by atoms with Gasteiger partial charge in [-0.25, -0.2) is 4.57 Å². The van der Waals surface area contributed by atoms with E-state index < -0.39 is 22.0 Å². The number of hydrogen-bond acceptors (Lipinski definition) is 4. The molecule has 4 nitrogen and oxygen atoms in total. The Bertz CT molecular complexity index is 369. The molecule has 0 saturated heterocycles. The standard InChI is InChI=1S/C14H29O4PSi/c1-8-16-19(15,17-9-2)18-14(12-13(3)4)10-11-20(5,6)7/h13-14H,8-9,12H2,1-7H3. The van der Waals surface area contributed by atoms with Crippen LogP contribution >= 0.6 is 7.82 Å². The lowest BCUT2D eigenvalue weighted by atomic mass is 10.1. The van der Waals surface area contributed by atoms with Crippen LogP contribution in [0, 0.1) is 17.4 Å². The summed E-state index contributed by atoms with van der Waals surface area (Å²) in [4.78, 5) is 0. The third kappa shape index (κ3) is 9.74. The average Bonchev–Trinajstić information content (AvgIpc) is 2.24. The van der Waals surface area contributed by atoms with Crippen LogP contribution < -0.4 is 0 Å². The molecule has 0 aromatic rings. The molecule has 0 rings (SSSR count). The highest BCUT2D eigenvalue weighted by atomic mass is 31.2. The van der Waals surface area contributed by atoms with Gasteiger partial charge in [-0.1, -0.05) is 39.4 Å². The van der Waals surface area contributed by atoms with Crippen LogP contribution in [0.2, 0.25) is 19.6 Å². The molecular formula is C14H29O4PSi. The molecule has 0 aromatic carbocycles. The minimum absolute atomic E-state index is 0.285. The predicted molar refractivity (Wildman–Crippen MR) is 86.3 cm³/mol. The molecule has 0 bridgehead atoms. The van der Waals surface area contributed by atoms with Crippen LogP contribution in [-0.4, -0.2) is 27.4 Å². The molecule has 1 unspecified atom stereocenters. The number of phosphoric ester groups is 1. The minimum atomic E-state index is -3.50. The molecule has 0 aliphatic heterocycles. The van der Waals surface area contributed by atoms with Crippen molar-refractivity contribution in [2.24, 2.45) is 5.92 Å². The molecule has 0 fully saturated rings. The molecule has 0 amide bonds. The van der Waals surface area contributed by atoms with Gasteiger partial charge < -0.3 is 0 Å². The van der Waals surface area contributed by atoms with Gasteiger partial charge in [0, 0.05) is 0 Å². The van der Waals surface area contributed by atoms with Gasteiger partial charge in [0.1, 0.15) is 14.2 Å². The summed E-state index contributed by atoms with van der Waals surface area (Å²) in [5, 5.41) is 0. The molecule has 20 heavy (non-hydrogen) atoms. The van der Waals surface area contributed by atoms with E-state index in [1.165, 1.54) is 0 Å². The van der Waals surface area contributed by atoms with Crippen molar-refractivity contribution in [2.75, 3.05) is 13.2 Å². The third-order valence-electron chi connectivity index (χ3n) is 2.12. The SMILES string of the molecule is CCOP(=O)(OCC)OC(C#C[Si](C)(C)C)CC(C)C. The summed E-state index contributed by atoms with van der Waals surface area (Å²) in [5.41, 5.74) is 3.27. The van der Waals surface area contributed by atoms with Crippen LogP contribution in [0.4, 0.5) is 0 Å². The van der Waals surface area contributed by atoms with Gasteiger partial charge >= 0.3 is 7.82 Å². The highest BCUT2D eigenvalue weighted by Crippen LogP contribution is 2.50. The fourth-order valence-electron chi connectivity index (χ4n) is 1.42. The Labute approximate surface area is 125 Å². The normalized spacial score (nSPS) is 14.0. The molecule has 0 radical (unpaired) electrons. The van der Waals surface area contributed by atoms with Crippen LogP contribution in [0.3, 0.4) is 0 Å². The Kier molecular flexibility index (Phi) is 8.97. The van der Waals surface area contributed by atoms with E-state index in [0.29, 0.717) is 12.3 Å². The van der Waals surface area contributed by atoms with Gasteiger partial charge in [-0.3, -0.25) is 13.6 Å². The van der Waals surface area contributed by atoms with Crippen molar-refractivity contribution in [3.05, 3.63) is 0 Å². The quantitative estimate of drug-likeness (QED) is 0.376. The summed E-state index contributed by atoms with van der Waals surface area (Å²) < 4.78 is 28.3. The van der Waals surface area contributed by atoms with E-state index >= 15 is 0 Å². The molecule has 0 saturated carbocycles. The van der Waals surface area contributed by atoms with Gasteiger partial charge in [0.25, 0.3) is 0 Å². The number of phosphoric acid groups is 1. The monoisotopic (exact) mass is 320 g/mol. The maximum atomic E-state index is 12.4. The molecule has 0 spiro atoms. The third-order valence-corrected chi connectivity index (χ3v) is 4.68. The highest BCUT2D eigenvalue weighted by Gasteiger charge is 2.29. The van der Waals surface area contributed by atoms with Crippen molar-refractivity contribution in [2.45, 2.75) is 59.9 Å². The van der Waals surface area contributed by atoms with Crippen molar-refractivity contribution >= 4 is 15.9 Å². The minimum Gasteiger partial charge on any atom is -0.287 e. The summed E-state index contributed by atoms with van der Waals surface area (Å²) in [6.45, 7) is 14.8.